The van der Waals surface area contributed by atoms with E-state index in [4.69, 9.17) is 9.26 Å². The maximum atomic E-state index is 13.6. The van der Waals surface area contributed by atoms with Crippen molar-refractivity contribution in [1.82, 2.24) is 24.9 Å². The van der Waals surface area contributed by atoms with Crippen LogP contribution in [-0.4, -0.2) is 56.9 Å². The molecule has 0 spiro atoms. The van der Waals surface area contributed by atoms with E-state index in [2.05, 4.69) is 15.5 Å². The minimum Gasteiger partial charge on any atom is -0.468 e. The van der Waals surface area contributed by atoms with Gasteiger partial charge in [-0.05, 0) is 55.5 Å². The average molecular weight is 508 g/mol. The first-order chi connectivity index (χ1) is 17.8. The molecule has 0 bridgehead atoms. The Hall–Kier alpha value is -3.95. The molecule has 4 rings (SSSR count). The summed E-state index contributed by atoms with van der Waals surface area (Å²) in [6, 6.07) is 8.72. The number of carbonyl (C=O) groups is 3. The summed E-state index contributed by atoms with van der Waals surface area (Å²) in [6.07, 6.45) is 5.62. The zero-order valence-electron chi connectivity index (χ0n) is 21.6. The lowest BCUT2D eigenvalue weighted by atomic mass is 9.91. The number of rotatable bonds is 10. The van der Waals surface area contributed by atoms with Gasteiger partial charge < -0.3 is 24.0 Å². The number of aromatic nitrogens is 3. The summed E-state index contributed by atoms with van der Waals surface area (Å²) in [6.45, 7) is 8.06. The number of aldehydes is 1. The van der Waals surface area contributed by atoms with Crippen molar-refractivity contribution in [3.05, 3.63) is 59.9 Å². The maximum absolute atomic E-state index is 13.6. The third-order valence-electron chi connectivity index (χ3n) is 6.74. The first kappa shape index (κ1) is 26.1. The van der Waals surface area contributed by atoms with Crippen LogP contribution in [-0.2, 0) is 14.4 Å². The fourth-order valence-electron chi connectivity index (χ4n) is 4.79. The number of nitrogens with zero attached hydrogens (tertiary/aromatic N) is 4. The normalized spacial score (nSPS) is 17.0. The Kier molecular flexibility index (Phi) is 8.05. The monoisotopic (exact) mass is 507 g/mol. The van der Waals surface area contributed by atoms with Crippen LogP contribution >= 0.6 is 0 Å². The Bertz CT molecular complexity index is 1230. The van der Waals surface area contributed by atoms with Crippen LogP contribution in [0.4, 0.5) is 0 Å². The predicted octanol–water partition coefficient (Wildman–Crippen LogP) is 3.35. The van der Waals surface area contributed by atoms with Gasteiger partial charge in [0, 0.05) is 30.7 Å². The quantitative estimate of drug-likeness (QED) is 0.418. The summed E-state index contributed by atoms with van der Waals surface area (Å²) in [5, 5.41) is 6.89. The van der Waals surface area contributed by atoms with Crippen molar-refractivity contribution in [2.75, 3.05) is 13.2 Å². The molecule has 2 amide bonds. The van der Waals surface area contributed by atoms with E-state index in [9.17, 15) is 14.4 Å². The molecule has 10 heteroatoms. The summed E-state index contributed by atoms with van der Waals surface area (Å²) >= 11 is 0. The molecular formula is C27H33N5O5. The van der Waals surface area contributed by atoms with Crippen LogP contribution in [0.15, 0.2) is 47.2 Å². The van der Waals surface area contributed by atoms with Gasteiger partial charge in [-0.2, -0.15) is 0 Å². The Morgan fingerprint density at radius 3 is 2.65 bits per heavy atom. The highest BCUT2D eigenvalue weighted by atomic mass is 16.5. The molecule has 1 fully saturated rings. The largest absolute Gasteiger partial charge is 0.468 e. The van der Waals surface area contributed by atoms with Gasteiger partial charge in [0.25, 0.3) is 5.88 Å². The summed E-state index contributed by atoms with van der Waals surface area (Å²) in [7, 11) is 0. The zero-order valence-corrected chi connectivity index (χ0v) is 21.6. The van der Waals surface area contributed by atoms with E-state index in [0.717, 1.165) is 23.5 Å². The van der Waals surface area contributed by atoms with Gasteiger partial charge >= 0.3 is 0 Å². The molecule has 0 saturated carbocycles. The van der Waals surface area contributed by atoms with Gasteiger partial charge in [0.1, 0.15) is 24.4 Å². The zero-order chi connectivity index (χ0) is 26.5. The van der Waals surface area contributed by atoms with Gasteiger partial charge in [-0.15, -0.1) is 0 Å². The lowest BCUT2D eigenvalue weighted by Crippen LogP contribution is -2.48. The molecule has 1 aliphatic rings. The number of nitrogens with one attached hydrogen (secondary N) is 1. The number of imidazole rings is 1. The van der Waals surface area contributed by atoms with Gasteiger partial charge in [0.15, 0.2) is 12.0 Å². The van der Waals surface area contributed by atoms with Crippen LogP contribution in [0.2, 0.25) is 0 Å². The van der Waals surface area contributed by atoms with Gasteiger partial charge in [-0.25, -0.2) is 4.98 Å². The minimum absolute atomic E-state index is 0.0970. The van der Waals surface area contributed by atoms with E-state index < -0.39 is 12.0 Å². The third-order valence-corrected chi connectivity index (χ3v) is 6.74. The van der Waals surface area contributed by atoms with Crippen molar-refractivity contribution in [3.63, 3.8) is 0 Å². The van der Waals surface area contributed by atoms with Gasteiger partial charge in [0.05, 0.1) is 6.04 Å². The number of hydrogen-bond donors (Lipinski definition) is 1. The fourth-order valence-corrected chi connectivity index (χ4v) is 4.79. The van der Waals surface area contributed by atoms with E-state index in [-0.39, 0.29) is 36.3 Å². The minimum atomic E-state index is -0.619. The van der Waals surface area contributed by atoms with Crippen LogP contribution in [0.5, 0.6) is 5.88 Å². The predicted molar refractivity (Wildman–Crippen MR) is 135 cm³/mol. The van der Waals surface area contributed by atoms with Gasteiger partial charge in [0.2, 0.25) is 11.8 Å². The number of benzene rings is 1. The topological polar surface area (TPSA) is 120 Å². The molecule has 0 aliphatic carbocycles. The standard InChI is InChI=1S/C27H33N5O5/c1-17(2)25(23-16-24(30-37-23)36-15-14-33)27(35)32-12-5-6-22(32)26(34)29-18(3)20-7-9-21(10-8-20)31-13-11-28-19(31)4/h7-11,13-14,16-18,22,25H,5-6,12,15H2,1-4H3,(H,29,34)/t18-,22-,25+/m0/s1. The fraction of sp³-hybridized carbons (Fsp3) is 0.444. The van der Waals surface area contributed by atoms with Crippen molar-refractivity contribution >= 4 is 18.1 Å². The SMILES string of the molecule is Cc1nccn1-c1ccc([C@H](C)NC(=O)[C@@H]2CCCN2C(=O)[C@@H](c2cc(OCC=O)no2)C(C)C)cc1. The third kappa shape index (κ3) is 5.73. The molecule has 1 aromatic carbocycles. The molecule has 2 aromatic heterocycles. The Morgan fingerprint density at radius 1 is 1.24 bits per heavy atom. The van der Waals surface area contributed by atoms with Crippen molar-refractivity contribution < 1.29 is 23.6 Å². The molecule has 10 nitrogen and oxygen atoms in total. The highest BCUT2D eigenvalue weighted by Gasteiger charge is 2.40. The van der Waals surface area contributed by atoms with Crippen LogP contribution in [0.25, 0.3) is 5.69 Å². The second-order valence-corrected chi connectivity index (χ2v) is 9.62. The Labute approximate surface area is 216 Å². The first-order valence-electron chi connectivity index (χ1n) is 12.5. The maximum Gasteiger partial charge on any atom is 0.254 e. The number of likely N-dealkylation sites (tertiary alicyclic amines) is 1. The number of carbonyl (C=O) groups excluding carboxylic acids is 3. The lowest BCUT2D eigenvalue weighted by molar-refractivity contribution is -0.141. The van der Waals surface area contributed by atoms with Crippen LogP contribution in [0, 0.1) is 12.8 Å². The average Bonchev–Trinajstić information content (AvgIpc) is 3.64. The van der Waals surface area contributed by atoms with Gasteiger partial charge in [-0.3, -0.25) is 14.4 Å². The number of hydrogen-bond acceptors (Lipinski definition) is 7. The summed E-state index contributed by atoms with van der Waals surface area (Å²) in [4.78, 5) is 43.4. The van der Waals surface area contributed by atoms with E-state index in [1.54, 1.807) is 11.1 Å². The first-order valence-corrected chi connectivity index (χ1v) is 12.5. The van der Waals surface area contributed by atoms with E-state index in [1.807, 2.05) is 62.7 Å². The van der Waals surface area contributed by atoms with Crippen molar-refractivity contribution in [1.29, 1.82) is 0 Å². The molecule has 37 heavy (non-hydrogen) atoms. The lowest BCUT2D eigenvalue weighted by Gasteiger charge is -2.29. The molecule has 3 heterocycles. The second kappa shape index (κ2) is 11.4. The molecule has 3 atom stereocenters. The number of ether oxygens (including phenoxy) is 1. The van der Waals surface area contributed by atoms with E-state index >= 15 is 0 Å². The molecule has 196 valence electrons. The molecular weight excluding hydrogens is 474 g/mol. The summed E-state index contributed by atoms with van der Waals surface area (Å²) in [5.74, 6) is 0.329. The smallest absolute Gasteiger partial charge is 0.254 e. The van der Waals surface area contributed by atoms with Crippen LogP contribution in [0.1, 0.15) is 62.7 Å². The Balaban J connectivity index is 1.43. The van der Waals surface area contributed by atoms with Crippen LogP contribution < -0.4 is 10.1 Å². The van der Waals surface area contributed by atoms with Gasteiger partial charge in [-0.1, -0.05) is 26.0 Å². The second-order valence-electron chi connectivity index (χ2n) is 9.62. The van der Waals surface area contributed by atoms with Crippen molar-refractivity contribution in [2.24, 2.45) is 5.92 Å². The highest BCUT2D eigenvalue weighted by Crippen LogP contribution is 2.32. The summed E-state index contributed by atoms with van der Waals surface area (Å²) in [5.41, 5.74) is 1.96. The number of aryl methyl sites for hydroxylation is 1. The van der Waals surface area contributed by atoms with Crippen molar-refractivity contribution in [2.45, 2.75) is 58.5 Å². The van der Waals surface area contributed by atoms with Crippen molar-refractivity contribution in [3.8, 4) is 11.6 Å². The molecule has 3 aromatic rings. The molecule has 1 aliphatic heterocycles. The van der Waals surface area contributed by atoms with E-state index in [0.29, 0.717) is 25.0 Å². The highest BCUT2D eigenvalue weighted by molar-refractivity contribution is 5.91. The van der Waals surface area contributed by atoms with Crippen LogP contribution in [0.3, 0.4) is 0 Å². The molecule has 0 unspecified atom stereocenters. The molecule has 0 radical (unpaired) electrons. The Morgan fingerprint density at radius 2 is 2.00 bits per heavy atom. The number of amides is 2. The van der Waals surface area contributed by atoms with E-state index in [1.165, 1.54) is 6.07 Å². The molecule has 1 saturated heterocycles. The summed E-state index contributed by atoms with van der Waals surface area (Å²) < 4.78 is 12.6. The molecule has 1 N–H and O–H groups in total.